The largest absolute Gasteiger partial charge is 0.322 e. The van der Waals surface area contributed by atoms with Crippen molar-refractivity contribution in [1.29, 1.82) is 0 Å². The Morgan fingerprint density at radius 1 is 1.45 bits per heavy atom. The van der Waals surface area contributed by atoms with E-state index in [4.69, 9.17) is 5.73 Å². The summed E-state index contributed by atoms with van der Waals surface area (Å²) in [6, 6.07) is 2.46. The lowest BCUT2D eigenvalue weighted by molar-refractivity contribution is -0.118. The number of nitrogens with one attached hydrogen (secondary N) is 1. The first kappa shape index (κ1) is 16.6. The topological polar surface area (TPSA) is 89.3 Å². The van der Waals surface area contributed by atoms with E-state index >= 15 is 0 Å². The Morgan fingerprint density at radius 2 is 2.05 bits per heavy atom. The van der Waals surface area contributed by atoms with Gasteiger partial charge in [-0.15, -0.1) is 0 Å². The summed E-state index contributed by atoms with van der Waals surface area (Å²) < 4.78 is 36.4. The molecule has 1 rings (SSSR count). The molecule has 0 aliphatic carbocycles. The predicted molar refractivity (Wildman–Crippen MR) is 75.6 cm³/mol. The van der Waals surface area contributed by atoms with Gasteiger partial charge in [0.15, 0.2) is 9.84 Å². The van der Waals surface area contributed by atoms with Gasteiger partial charge in [-0.05, 0) is 24.1 Å². The monoisotopic (exact) mass is 302 g/mol. The van der Waals surface area contributed by atoms with E-state index in [0.717, 1.165) is 24.5 Å². The summed E-state index contributed by atoms with van der Waals surface area (Å²) in [7, 11) is -3.47. The highest BCUT2D eigenvalue weighted by molar-refractivity contribution is 7.90. The molecule has 0 aromatic heterocycles. The third-order valence-corrected chi connectivity index (χ3v) is 4.29. The second-order valence-corrected chi connectivity index (χ2v) is 6.83. The van der Waals surface area contributed by atoms with Crippen LogP contribution in [0.25, 0.3) is 0 Å². The molecular formula is C13H19FN2O3S. The molecule has 112 valence electrons. The summed E-state index contributed by atoms with van der Waals surface area (Å²) in [5.74, 6) is -1.30. The molecule has 7 heteroatoms. The molecule has 0 aliphatic rings. The lowest BCUT2D eigenvalue weighted by atomic mass is 9.99. The van der Waals surface area contributed by atoms with Crippen molar-refractivity contribution in [2.24, 2.45) is 11.7 Å². The van der Waals surface area contributed by atoms with Gasteiger partial charge in [0.25, 0.3) is 0 Å². The van der Waals surface area contributed by atoms with Crippen LogP contribution in [0, 0.1) is 11.7 Å². The van der Waals surface area contributed by atoms with E-state index in [0.29, 0.717) is 6.42 Å². The van der Waals surface area contributed by atoms with Gasteiger partial charge >= 0.3 is 0 Å². The molecule has 2 atom stereocenters. The van der Waals surface area contributed by atoms with Gasteiger partial charge in [-0.1, -0.05) is 20.3 Å². The van der Waals surface area contributed by atoms with Crippen LogP contribution in [0.3, 0.4) is 0 Å². The standard InChI is InChI=1S/C13H19FN2O3S/c1-4-8(2)12(15)13(17)16-11-7-9(20(3,18)19)5-6-10(11)14/h5-8,12H,4,15H2,1-3H3,(H,16,17). The molecule has 5 nitrogen and oxygen atoms in total. The predicted octanol–water partition coefficient (Wildman–Crippen LogP) is 1.54. The van der Waals surface area contributed by atoms with Crippen molar-refractivity contribution >= 4 is 21.4 Å². The van der Waals surface area contributed by atoms with E-state index in [1.165, 1.54) is 0 Å². The molecule has 2 unspecified atom stereocenters. The Morgan fingerprint density at radius 3 is 2.55 bits per heavy atom. The fraction of sp³-hybridized carbons (Fsp3) is 0.462. The highest BCUT2D eigenvalue weighted by Crippen LogP contribution is 2.20. The second-order valence-electron chi connectivity index (χ2n) is 4.81. The third-order valence-electron chi connectivity index (χ3n) is 3.18. The van der Waals surface area contributed by atoms with Crippen molar-refractivity contribution in [3.8, 4) is 0 Å². The Bertz CT molecular complexity index is 602. The number of hydrogen-bond donors (Lipinski definition) is 2. The van der Waals surface area contributed by atoms with Gasteiger partial charge < -0.3 is 11.1 Å². The zero-order valence-corrected chi connectivity index (χ0v) is 12.5. The molecule has 3 N–H and O–H groups in total. The average molecular weight is 302 g/mol. The van der Waals surface area contributed by atoms with Crippen LogP contribution in [-0.4, -0.2) is 26.6 Å². The number of hydrogen-bond acceptors (Lipinski definition) is 4. The summed E-state index contributed by atoms with van der Waals surface area (Å²) in [6.07, 6.45) is 1.72. The van der Waals surface area contributed by atoms with E-state index in [-0.39, 0.29) is 16.5 Å². The van der Waals surface area contributed by atoms with Crippen LogP contribution >= 0.6 is 0 Å². The lowest BCUT2D eigenvalue weighted by Gasteiger charge is -2.18. The quantitative estimate of drug-likeness (QED) is 0.807. The number of anilines is 1. The third kappa shape index (κ3) is 4.01. The Hall–Kier alpha value is -1.47. The maximum Gasteiger partial charge on any atom is 0.241 e. The minimum Gasteiger partial charge on any atom is -0.322 e. The van der Waals surface area contributed by atoms with Gasteiger partial charge in [-0.3, -0.25) is 4.79 Å². The number of benzene rings is 1. The smallest absolute Gasteiger partial charge is 0.241 e. The number of halogens is 1. The second kappa shape index (κ2) is 6.32. The van der Waals surface area contributed by atoms with Crippen LogP contribution in [0.15, 0.2) is 23.1 Å². The fourth-order valence-corrected chi connectivity index (χ4v) is 2.21. The Labute approximate surface area is 118 Å². The first-order valence-electron chi connectivity index (χ1n) is 6.22. The van der Waals surface area contributed by atoms with Gasteiger partial charge in [0, 0.05) is 6.26 Å². The van der Waals surface area contributed by atoms with Crippen LogP contribution < -0.4 is 11.1 Å². The minimum absolute atomic E-state index is 0.0591. The molecule has 0 heterocycles. The lowest BCUT2D eigenvalue weighted by Crippen LogP contribution is -2.40. The number of nitrogens with two attached hydrogens (primary N) is 1. The van der Waals surface area contributed by atoms with Crippen LogP contribution in [-0.2, 0) is 14.6 Å². The molecule has 1 amide bonds. The van der Waals surface area contributed by atoms with Gasteiger partial charge in [-0.25, -0.2) is 12.8 Å². The average Bonchev–Trinajstić information content (AvgIpc) is 2.38. The van der Waals surface area contributed by atoms with Crippen molar-refractivity contribution in [2.45, 2.75) is 31.2 Å². The van der Waals surface area contributed by atoms with E-state index in [2.05, 4.69) is 5.32 Å². The maximum atomic E-state index is 13.6. The number of sulfone groups is 1. The van der Waals surface area contributed by atoms with E-state index in [1.54, 1.807) is 0 Å². The SMILES string of the molecule is CCC(C)C(N)C(=O)Nc1cc(S(C)(=O)=O)ccc1F. The molecule has 0 saturated carbocycles. The molecule has 0 radical (unpaired) electrons. The zero-order valence-electron chi connectivity index (χ0n) is 11.7. The normalized spacial score (nSPS) is 14.7. The minimum atomic E-state index is -3.47. The van der Waals surface area contributed by atoms with E-state index < -0.39 is 27.6 Å². The van der Waals surface area contributed by atoms with Crippen molar-refractivity contribution in [1.82, 2.24) is 0 Å². The summed E-state index contributed by atoms with van der Waals surface area (Å²) in [5.41, 5.74) is 5.56. The van der Waals surface area contributed by atoms with Gasteiger partial charge in [-0.2, -0.15) is 0 Å². The summed E-state index contributed by atoms with van der Waals surface area (Å²) in [4.78, 5) is 11.8. The number of rotatable bonds is 5. The molecular weight excluding hydrogens is 283 g/mol. The summed E-state index contributed by atoms with van der Waals surface area (Å²) in [5, 5.41) is 2.33. The summed E-state index contributed by atoms with van der Waals surface area (Å²) in [6.45, 7) is 3.70. The van der Waals surface area contributed by atoms with Gasteiger partial charge in [0.1, 0.15) is 5.82 Å². The maximum absolute atomic E-state index is 13.6. The molecule has 1 aromatic carbocycles. The first-order valence-corrected chi connectivity index (χ1v) is 8.12. The number of carbonyl (C=O) groups is 1. The van der Waals surface area contributed by atoms with E-state index in [9.17, 15) is 17.6 Å². The van der Waals surface area contributed by atoms with Gasteiger partial charge in [0.05, 0.1) is 16.6 Å². The van der Waals surface area contributed by atoms with Gasteiger partial charge in [0.2, 0.25) is 5.91 Å². The summed E-state index contributed by atoms with van der Waals surface area (Å²) >= 11 is 0. The Kier molecular flexibility index (Phi) is 5.24. The highest BCUT2D eigenvalue weighted by Gasteiger charge is 2.21. The van der Waals surface area contributed by atoms with Crippen LogP contribution in [0.2, 0.25) is 0 Å². The van der Waals surface area contributed by atoms with Crippen LogP contribution in [0.1, 0.15) is 20.3 Å². The number of amides is 1. The molecule has 0 bridgehead atoms. The molecule has 0 spiro atoms. The fourth-order valence-electron chi connectivity index (χ4n) is 1.56. The molecule has 0 saturated heterocycles. The number of carbonyl (C=O) groups excluding carboxylic acids is 1. The Balaban J connectivity index is 3.01. The van der Waals surface area contributed by atoms with Crippen molar-refractivity contribution in [3.63, 3.8) is 0 Å². The van der Waals surface area contributed by atoms with Crippen molar-refractivity contribution in [2.75, 3.05) is 11.6 Å². The first-order chi connectivity index (χ1) is 9.16. The van der Waals surface area contributed by atoms with Crippen molar-refractivity contribution in [3.05, 3.63) is 24.0 Å². The van der Waals surface area contributed by atoms with Crippen LogP contribution in [0.4, 0.5) is 10.1 Å². The highest BCUT2D eigenvalue weighted by atomic mass is 32.2. The zero-order chi connectivity index (χ0) is 15.5. The molecule has 1 aromatic rings. The molecule has 0 fully saturated rings. The van der Waals surface area contributed by atoms with Crippen molar-refractivity contribution < 1.29 is 17.6 Å². The van der Waals surface area contributed by atoms with Crippen LogP contribution in [0.5, 0.6) is 0 Å². The molecule has 20 heavy (non-hydrogen) atoms. The molecule has 0 aliphatic heterocycles. The van der Waals surface area contributed by atoms with E-state index in [1.807, 2.05) is 13.8 Å².